The Balaban J connectivity index is 1.88. The van der Waals surface area contributed by atoms with E-state index in [1.165, 1.54) is 19.3 Å². The highest BCUT2D eigenvalue weighted by molar-refractivity contribution is 5.82. The first kappa shape index (κ1) is 17.4. The highest BCUT2D eigenvalue weighted by atomic mass is 16.3. The van der Waals surface area contributed by atoms with Gasteiger partial charge in [-0.15, -0.1) is 0 Å². The number of β-amino-alcohol motifs (C(OH)–C–C–N with tert-alkyl or cyclic N) is 1. The second-order valence-corrected chi connectivity index (χ2v) is 7.38. The lowest BCUT2D eigenvalue weighted by atomic mass is 9.97. The number of hydrogen-bond donors (Lipinski definition) is 1. The minimum absolute atomic E-state index is 0.395. The van der Waals surface area contributed by atoms with E-state index < -0.39 is 6.10 Å². The van der Waals surface area contributed by atoms with E-state index in [1.807, 2.05) is 12.1 Å². The van der Waals surface area contributed by atoms with Gasteiger partial charge in [0.05, 0.1) is 11.6 Å². The fourth-order valence-electron chi connectivity index (χ4n) is 3.86. The van der Waals surface area contributed by atoms with Crippen LogP contribution in [0, 0.1) is 0 Å². The lowest BCUT2D eigenvalue weighted by Crippen LogP contribution is -2.41. The molecule has 0 spiro atoms. The number of fused-ring (bicyclic) bond motifs is 1. The molecule has 0 bridgehead atoms. The van der Waals surface area contributed by atoms with Crippen molar-refractivity contribution in [3.05, 3.63) is 41.6 Å². The molecule has 1 fully saturated rings. The molecule has 1 aromatic heterocycles. The predicted molar refractivity (Wildman–Crippen MR) is 100 cm³/mol. The molecule has 3 heteroatoms. The molecule has 1 aliphatic heterocycles. The second-order valence-electron chi connectivity index (χ2n) is 7.38. The summed E-state index contributed by atoms with van der Waals surface area (Å²) >= 11 is 0. The zero-order chi connectivity index (χ0) is 17.1. The van der Waals surface area contributed by atoms with Crippen LogP contribution in [0.25, 0.3) is 10.9 Å². The lowest BCUT2D eigenvalue weighted by Gasteiger charge is -2.36. The number of aliphatic hydroxyl groups excluding tert-OH is 1. The van der Waals surface area contributed by atoms with Crippen LogP contribution < -0.4 is 0 Å². The molecule has 0 aliphatic carbocycles. The van der Waals surface area contributed by atoms with E-state index in [-0.39, 0.29) is 0 Å². The van der Waals surface area contributed by atoms with Crippen molar-refractivity contribution in [1.82, 2.24) is 9.88 Å². The van der Waals surface area contributed by atoms with Crippen molar-refractivity contribution >= 4 is 10.9 Å². The number of piperidine rings is 1. The minimum atomic E-state index is -0.476. The molecule has 1 N–H and O–H groups in total. The van der Waals surface area contributed by atoms with Crippen molar-refractivity contribution in [1.29, 1.82) is 0 Å². The summed E-state index contributed by atoms with van der Waals surface area (Å²) < 4.78 is 0. The SMILES string of the molecule is CCC1CCCCN1CC(O)c1cccc2ccc(C(C)C)nc12. The summed E-state index contributed by atoms with van der Waals surface area (Å²) in [7, 11) is 0. The van der Waals surface area contributed by atoms with Gasteiger partial charge in [-0.3, -0.25) is 9.88 Å². The van der Waals surface area contributed by atoms with Gasteiger partial charge in [0, 0.05) is 29.2 Å². The molecule has 1 aromatic carbocycles. The van der Waals surface area contributed by atoms with Gasteiger partial charge in [-0.05, 0) is 37.8 Å². The van der Waals surface area contributed by atoms with E-state index in [0.717, 1.165) is 35.1 Å². The number of hydrogen-bond acceptors (Lipinski definition) is 3. The Morgan fingerprint density at radius 3 is 2.79 bits per heavy atom. The molecule has 130 valence electrons. The number of rotatable bonds is 5. The molecule has 3 rings (SSSR count). The summed E-state index contributed by atoms with van der Waals surface area (Å²) in [5.74, 6) is 0.395. The molecular formula is C21H30N2O. The van der Waals surface area contributed by atoms with Crippen LogP contribution in [-0.2, 0) is 0 Å². The zero-order valence-electron chi connectivity index (χ0n) is 15.2. The maximum Gasteiger partial charge on any atom is 0.0938 e. The van der Waals surface area contributed by atoms with E-state index >= 15 is 0 Å². The van der Waals surface area contributed by atoms with E-state index in [2.05, 4.69) is 43.9 Å². The lowest BCUT2D eigenvalue weighted by molar-refractivity contribution is 0.0662. The van der Waals surface area contributed by atoms with Crippen LogP contribution in [0.2, 0.25) is 0 Å². The number of aromatic nitrogens is 1. The first-order valence-electron chi connectivity index (χ1n) is 9.41. The van der Waals surface area contributed by atoms with Gasteiger partial charge in [-0.1, -0.05) is 51.5 Å². The monoisotopic (exact) mass is 326 g/mol. The number of para-hydroxylation sites is 1. The number of likely N-dealkylation sites (tertiary alicyclic amines) is 1. The second kappa shape index (κ2) is 7.62. The summed E-state index contributed by atoms with van der Waals surface area (Å²) in [5.41, 5.74) is 3.02. The molecule has 24 heavy (non-hydrogen) atoms. The summed E-state index contributed by atoms with van der Waals surface area (Å²) in [6.45, 7) is 8.39. The summed E-state index contributed by atoms with van der Waals surface area (Å²) in [5, 5.41) is 12.0. The van der Waals surface area contributed by atoms with Gasteiger partial charge >= 0.3 is 0 Å². The van der Waals surface area contributed by atoms with Crippen molar-refractivity contribution < 1.29 is 5.11 Å². The first-order chi connectivity index (χ1) is 11.6. The smallest absolute Gasteiger partial charge is 0.0938 e. The maximum absolute atomic E-state index is 10.9. The topological polar surface area (TPSA) is 36.4 Å². The number of aliphatic hydroxyl groups is 1. The van der Waals surface area contributed by atoms with Gasteiger partial charge in [0.2, 0.25) is 0 Å². The Morgan fingerprint density at radius 2 is 2.04 bits per heavy atom. The highest BCUT2D eigenvalue weighted by Gasteiger charge is 2.24. The zero-order valence-corrected chi connectivity index (χ0v) is 15.2. The molecule has 2 heterocycles. The molecule has 1 saturated heterocycles. The molecule has 2 aromatic rings. The van der Waals surface area contributed by atoms with Crippen molar-refractivity contribution in [3.63, 3.8) is 0 Å². The maximum atomic E-state index is 10.9. The molecule has 3 nitrogen and oxygen atoms in total. The predicted octanol–water partition coefficient (Wildman–Crippen LogP) is 4.66. The Kier molecular flexibility index (Phi) is 5.52. The molecule has 2 unspecified atom stereocenters. The Bertz CT molecular complexity index is 683. The third-order valence-electron chi connectivity index (χ3n) is 5.35. The third kappa shape index (κ3) is 3.62. The van der Waals surface area contributed by atoms with Crippen molar-refractivity contribution in [2.75, 3.05) is 13.1 Å². The third-order valence-corrected chi connectivity index (χ3v) is 5.35. The average Bonchev–Trinajstić information content (AvgIpc) is 2.61. The number of pyridine rings is 1. The Hall–Kier alpha value is -1.45. The molecule has 1 aliphatic rings. The van der Waals surface area contributed by atoms with Crippen LogP contribution in [0.15, 0.2) is 30.3 Å². The molecule has 0 amide bonds. The number of nitrogens with zero attached hydrogens (tertiary/aromatic N) is 2. The quantitative estimate of drug-likeness (QED) is 0.868. The standard InChI is InChI=1S/C21H30N2O/c1-4-17-9-5-6-13-23(17)14-20(24)18-10-7-8-16-11-12-19(15(2)3)22-21(16)18/h7-8,10-12,15,17,20,24H,4-6,9,13-14H2,1-3H3. The van der Waals surface area contributed by atoms with Crippen LogP contribution in [-0.4, -0.2) is 34.1 Å². The average molecular weight is 326 g/mol. The molecule has 0 radical (unpaired) electrons. The normalized spacial score (nSPS) is 20.6. The van der Waals surface area contributed by atoms with Crippen molar-refractivity contribution in [2.24, 2.45) is 0 Å². The first-order valence-corrected chi connectivity index (χ1v) is 9.41. The molecular weight excluding hydrogens is 296 g/mol. The van der Waals surface area contributed by atoms with Crippen molar-refractivity contribution in [3.8, 4) is 0 Å². The minimum Gasteiger partial charge on any atom is -0.387 e. The van der Waals surface area contributed by atoms with Crippen LogP contribution >= 0.6 is 0 Å². The summed E-state index contributed by atoms with van der Waals surface area (Å²) in [6, 6.07) is 11.0. The van der Waals surface area contributed by atoms with E-state index in [1.54, 1.807) is 0 Å². The van der Waals surface area contributed by atoms with Gasteiger partial charge < -0.3 is 5.11 Å². The van der Waals surface area contributed by atoms with Crippen LogP contribution in [0.4, 0.5) is 0 Å². The van der Waals surface area contributed by atoms with Gasteiger partial charge in [-0.25, -0.2) is 0 Å². The van der Waals surface area contributed by atoms with Gasteiger partial charge in [0.15, 0.2) is 0 Å². The molecule has 2 atom stereocenters. The van der Waals surface area contributed by atoms with Gasteiger partial charge in [-0.2, -0.15) is 0 Å². The van der Waals surface area contributed by atoms with Crippen LogP contribution in [0.3, 0.4) is 0 Å². The van der Waals surface area contributed by atoms with E-state index in [4.69, 9.17) is 4.98 Å². The van der Waals surface area contributed by atoms with Gasteiger partial charge in [0.25, 0.3) is 0 Å². The highest BCUT2D eigenvalue weighted by Crippen LogP contribution is 2.28. The fourth-order valence-corrected chi connectivity index (χ4v) is 3.86. The molecule has 0 saturated carbocycles. The largest absolute Gasteiger partial charge is 0.387 e. The Labute approximate surface area is 145 Å². The number of benzene rings is 1. The fraction of sp³-hybridized carbons (Fsp3) is 0.571. The van der Waals surface area contributed by atoms with Crippen LogP contribution in [0.5, 0.6) is 0 Å². The summed E-state index contributed by atoms with van der Waals surface area (Å²) in [4.78, 5) is 7.32. The van der Waals surface area contributed by atoms with Gasteiger partial charge in [0.1, 0.15) is 0 Å². The summed E-state index contributed by atoms with van der Waals surface area (Å²) in [6.07, 6.45) is 4.51. The van der Waals surface area contributed by atoms with Crippen molar-refractivity contribution in [2.45, 2.75) is 64.5 Å². The van der Waals surface area contributed by atoms with Crippen LogP contribution in [0.1, 0.15) is 69.7 Å². The Morgan fingerprint density at radius 1 is 1.21 bits per heavy atom. The van der Waals surface area contributed by atoms with E-state index in [0.29, 0.717) is 18.5 Å². The van der Waals surface area contributed by atoms with E-state index in [9.17, 15) is 5.11 Å².